The standard InChI is InChI=1S/C16H10ClF2NO2/c17-10-3-6-12-13(15(21)20-14(12)8-10)7-9-1-4-11(5-2-9)22-16(18)19/h1-8,16H,(H,20,21)/b13-7+. The highest BCUT2D eigenvalue weighted by molar-refractivity contribution is 6.36. The van der Waals surface area contributed by atoms with Crippen molar-refractivity contribution in [3.63, 3.8) is 0 Å². The second-order valence-corrected chi connectivity index (χ2v) is 5.09. The number of carbonyl (C=O) groups excluding carboxylic acids is 1. The SMILES string of the molecule is O=C1Nc2cc(Cl)ccc2/C1=C\c1ccc(OC(F)F)cc1. The third-order valence-electron chi connectivity index (χ3n) is 3.18. The third-order valence-corrected chi connectivity index (χ3v) is 3.42. The quantitative estimate of drug-likeness (QED) is 0.849. The molecule has 1 aliphatic heterocycles. The molecule has 0 bridgehead atoms. The fourth-order valence-electron chi connectivity index (χ4n) is 2.22. The van der Waals surface area contributed by atoms with Crippen LogP contribution in [0.3, 0.4) is 0 Å². The van der Waals surface area contributed by atoms with Gasteiger partial charge >= 0.3 is 6.61 Å². The van der Waals surface area contributed by atoms with E-state index in [-0.39, 0.29) is 11.7 Å². The van der Waals surface area contributed by atoms with Crippen LogP contribution in [-0.2, 0) is 4.79 Å². The molecule has 1 aliphatic rings. The van der Waals surface area contributed by atoms with E-state index in [1.807, 2.05) is 0 Å². The number of fused-ring (bicyclic) bond motifs is 1. The molecule has 1 amide bonds. The first-order valence-electron chi connectivity index (χ1n) is 6.41. The normalized spacial score (nSPS) is 15.1. The highest BCUT2D eigenvalue weighted by Gasteiger charge is 2.23. The molecule has 3 rings (SSSR count). The van der Waals surface area contributed by atoms with Gasteiger partial charge in [-0.1, -0.05) is 29.8 Å². The number of hydrogen-bond acceptors (Lipinski definition) is 2. The lowest BCUT2D eigenvalue weighted by Crippen LogP contribution is -2.03. The lowest BCUT2D eigenvalue weighted by Gasteiger charge is -2.04. The summed E-state index contributed by atoms with van der Waals surface area (Å²) in [6.07, 6.45) is 1.68. The van der Waals surface area contributed by atoms with Gasteiger partial charge in [0.2, 0.25) is 0 Å². The van der Waals surface area contributed by atoms with Gasteiger partial charge in [-0.3, -0.25) is 4.79 Å². The number of carbonyl (C=O) groups is 1. The molecule has 0 fully saturated rings. The van der Waals surface area contributed by atoms with Crippen LogP contribution in [0.25, 0.3) is 11.6 Å². The van der Waals surface area contributed by atoms with Crippen molar-refractivity contribution in [3.8, 4) is 5.75 Å². The molecule has 0 aromatic heterocycles. The Balaban J connectivity index is 1.91. The van der Waals surface area contributed by atoms with Gasteiger partial charge in [0.05, 0.1) is 5.69 Å². The second kappa shape index (κ2) is 5.77. The predicted molar refractivity (Wildman–Crippen MR) is 81.0 cm³/mol. The minimum Gasteiger partial charge on any atom is -0.435 e. The number of hydrogen-bond donors (Lipinski definition) is 1. The first-order chi connectivity index (χ1) is 10.5. The van der Waals surface area contributed by atoms with E-state index in [0.717, 1.165) is 5.56 Å². The monoisotopic (exact) mass is 321 g/mol. The van der Waals surface area contributed by atoms with Crippen molar-refractivity contribution in [2.75, 3.05) is 5.32 Å². The third kappa shape index (κ3) is 2.94. The first kappa shape index (κ1) is 14.5. The Bertz CT molecular complexity index is 757. The lowest BCUT2D eigenvalue weighted by atomic mass is 10.0. The van der Waals surface area contributed by atoms with Crippen molar-refractivity contribution in [1.82, 2.24) is 0 Å². The van der Waals surface area contributed by atoms with Gasteiger partial charge in [-0.05, 0) is 35.9 Å². The van der Waals surface area contributed by atoms with Crippen molar-refractivity contribution >= 4 is 34.8 Å². The fraction of sp³-hybridized carbons (Fsp3) is 0.0625. The lowest BCUT2D eigenvalue weighted by molar-refractivity contribution is -0.110. The summed E-state index contributed by atoms with van der Waals surface area (Å²) in [6.45, 7) is -2.86. The summed E-state index contributed by atoms with van der Waals surface area (Å²) in [5.41, 5.74) is 2.60. The number of anilines is 1. The highest BCUT2D eigenvalue weighted by Crippen LogP contribution is 2.35. The maximum Gasteiger partial charge on any atom is 0.387 e. The molecule has 0 saturated carbocycles. The Morgan fingerprint density at radius 1 is 1.14 bits per heavy atom. The number of benzene rings is 2. The average molecular weight is 322 g/mol. The Kier molecular flexibility index (Phi) is 3.81. The largest absolute Gasteiger partial charge is 0.435 e. The van der Waals surface area contributed by atoms with Gasteiger partial charge in [-0.15, -0.1) is 0 Å². The minimum atomic E-state index is -2.86. The molecular weight excluding hydrogens is 312 g/mol. The fourth-order valence-corrected chi connectivity index (χ4v) is 2.39. The summed E-state index contributed by atoms with van der Waals surface area (Å²) in [5.74, 6) is -0.162. The molecule has 0 unspecified atom stereocenters. The molecule has 1 N–H and O–H groups in total. The van der Waals surface area contributed by atoms with Crippen LogP contribution in [0.15, 0.2) is 42.5 Å². The number of halogens is 3. The topological polar surface area (TPSA) is 38.3 Å². The van der Waals surface area contributed by atoms with Crippen LogP contribution in [0.2, 0.25) is 5.02 Å². The molecule has 0 spiro atoms. The molecule has 22 heavy (non-hydrogen) atoms. The number of amides is 1. The van der Waals surface area contributed by atoms with Gasteiger partial charge in [0, 0.05) is 16.2 Å². The highest BCUT2D eigenvalue weighted by atomic mass is 35.5. The zero-order valence-electron chi connectivity index (χ0n) is 11.1. The summed E-state index contributed by atoms with van der Waals surface area (Å²) in [4.78, 5) is 12.0. The van der Waals surface area contributed by atoms with Crippen molar-refractivity contribution in [2.24, 2.45) is 0 Å². The van der Waals surface area contributed by atoms with Crippen LogP contribution >= 0.6 is 11.6 Å². The molecule has 0 radical (unpaired) electrons. The molecule has 0 saturated heterocycles. The number of rotatable bonds is 3. The van der Waals surface area contributed by atoms with Gasteiger partial charge in [0.15, 0.2) is 0 Å². The first-order valence-corrected chi connectivity index (χ1v) is 6.78. The van der Waals surface area contributed by atoms with Gasteiger partial charge in [-0.2, -0.15) is 8.78 Å². The Hall–Kier alpha value is -2.40. The van der Waals surface area contributed by atoms with Gasteiger partial charge in [0.1, 0.15) is 5.75 Å². The van der Waals surface area contributed by atoms with Crippen molar-refractivity contribution in [1.29, 1.82) is 0 Å². The molecule has 2 aromatic rings. The molecule has 112 valence electrons. The van der Waals surface area contributed by atoms with Gasteiger partial charge < -0.3 is 10.1 Å². The van der Waals surface area contributed by atoms with Crippen LogP contribution in [0.4, 0.5) is 14.5 Å². The molecule has 0 aliphatic carbocycles. The van der Waals surface area contributed by atoms with Crippen LogP contribution in [0.1, 0.15) is 11.1 Å². The summed E-state index contributed by atoms with van der Waals surface area (Å²) in [7, 11) is 0. The zero-order chi connectivity index (χ0) is 15.7. The number of ether oxygens (including phenoxy) is 1. The van der Waals surface area contributed by atoms with Crippen LogP contribution in [0, 0.1) is 0 Å². The van der Waals surface area contributed by atoms with E-state index < -0.39 is 6.61 Å². The van der Waals surface area contributed by atoms with Crippen molar-refractivity contribution in [3.05, 3.63) is 58.6 Å². The van der Waals surface area contributed by atoms with E-state index in [9.17, 15) is 13.6 Å². The molecule has 6 heteroatoms. The van der Waals surface area contributed by atoms with E-state index in [4.69, 9.17) is 11.6 Å². The minimum absolute atomic E-state index is 0.0696. The Morgan fingerprint density at radius 3 is 2.55 bits per heavy atom. The Labute approximate surface area is 130 Å². The summed E-state index contributed by atoms with van der Waals surface area (Å²) < 4.78 is 28.5. The van der Waals surface area contributed by atoms with Crippen LogP contribution in [0.5, 0.6) is 5.75 Å². The van der Waals surface area contributed by atoms with Gasteiger partial charge in [0.25, 0.3) is 5.91 Å². The Morgan fingerprint density at radius 2 is 1.86 bits per heavy atom. The van der Waals surface area contributed by atoms with Crippen molar-refractivity contribution in [2.45, 2.75) is 6.61 Å². The van der Waals surface area contributed by atoms with Crippen LogP contribution < -0.4 is 10.1 Å². The molecule has 3 nitrogen and oxygen atoms in total. The number of nitrogens with one attached hydrogen (secondary N) is 1. The number of alkyl halides is 2. The molecule has 0 atom stereocenters. The van der Waals surface area contributed by atoms with Crippen LogP contribution in [-0.4, -0.2) is 12.5 Å². The maximum absolute atomic E-state index is 12.1. The molecule has 2 aromatic carbocycles. The maximum atomic E-state index is 12.1. The summed E-state index contributed by atoms with van der Waals surface area (Å²) >= 11 is 5.89. The predicted octanol–water partition coefficient (Wildman–Crippen LogP) is 4.43. The second-order valence-electron chi connectivity index (χ2n) is 4.65. The van der Waals surface area contributed by atoms with E-state index in [1.165, 1.54) is 12.1 Å². The zero-order valence-corrected chi connectivity index (χ0v) is 11.9. The summed E-state index contributed by atoms with van der Waals surface area (Å²) in [6, 6.07) is 11.2. The smallest absolute Gasteiger partial charge is 0.387 e. The van der Waals surface area contributed by atoms with E-state index in [1.54, 1.807) is 36.4 Å². The van der Waals surface area contributed by atoms with E-state index in [2.05, 4.69) is 10.1 Å². The van der Waals surface area contributed by atoms with Crippen molar-refractivity contribution < 1.29 is 18.3 Å². The van der Waals surface area contributed by atoms with Gasteiger partial charge in [-0.25, -0.2) is 0 Å². The molecule has 1 heterocycles. The van der Waals surface area contributed by atoms with E-state index >= 15 is 0 Å². The van der Waals surface area contributed by atoms with E-state index in [0.29, 0.717) is 21.8 Å². The molecular formula is C16H10ClF2NO2. The average Bonchev–Trinajstić information content (AvgIpc) is 2.75. The summed E-state index contributed by atoms with van der Waals surface area (Å²) in [5, 5.41) is 3.27.